The van der Waals surface area contributed by atoms with Crippen LogP contribution in [0.25, 0.3) is 0 Å². The average Bonchev–Trinajstić information content (AvgIpc) is 3.04. The molecule has 1 atom stereocenters. The van der Waals surface area contributed by atoms with Crippen molar-refractivity contribution in [3.8, 4) is 5.75 Å². The van der Waals surface area contributed by atoms with Crippen LogP contribution < -0.4 is 10.1 Å². The maximum absolute atomic E-state index is 13.4. The van der Waals surface area contributed by atoms with Crippen LogP contribution in [0.2, 0.25) is 0 Å². The second kappa shape index (κ2) is 13.6. The number of hydrogen-bond donors (Lipinski definition) is 1. The predicted molar refractivity (Wildman–Crippen MR) is 164 cm³/mol. The van der Waals surface area contributed by atoms with Crippen LogP contribution in [-0.2, 0) is 21.5 Å². The van der Waals surface area contributed by atoms with E-state index in [-0.39, 0.29) is 19.2 Å². The second-order valence-corrected chi connectivity index (χ2v) is 9.91. The van der Waals surface area contributed by atoms with Gasteiger partial charge in [0, 0.05) is 0 Å². The van der Waals surface area contributed by atoms with Gasteiger partial charge >= 0.3 is 5.97 Å². The fourth-order valence-corrected chi connectivity index (χ4v) is 5.20. The van der Waals surface area contributed by atoms with Gasteiger partial charge < -0.3 is 9.47 Å². The lowest BCUT2D eigenvalue weighted by Gasteiger charge is -2.39. The highest BCUT2D eigenvalue weighted by Gasteiger charge is 2.40. The Bertz CT molecular complexity index is 1390. The molecule has 0 aromatic heterocycles. The van der Waals surface area contributed by atoms with Crippen molar-refractivity contribution in [3.63, 3.8) is 0 Å². The number of nitrogens with one attached hydrogen (secondary N) is 1. The van der Waals surface area contributed by atoms with E-state index in [0.717, 1.165) is 23.1 Å². The normalized spacial score (nSPS) is 11.9. The number of ether oxygens (including phenoxy) is 2. The third-order valence-corrected chi connectivity index (χ3v) is 7.17. The molecule has 5 rings (SSSR count). The molecule has 0 fully saturated rings. The molecule has 0 saturated heterocycles. The minimum absolute atomic E-state index is 0.102. The molecule has 0 aliphatic heterocycles. The van der Waals surface area contributed by atoms with Crippen molar-refractivity contribution in [1.29, 1.82) is 0 Å². The maximum atomic E-state index is 13.4. The molecular formula is C37H35NO3. The van der Waals surface area contributed by atoms with E-state index in [1.807, 2.05) is 79.7 Å². The largest absolute Gasteiger partial charge is 0.491 e. The van der Waals surface area contributed by atoms with Gasteiger partial charge in [-0.15, -0.1) is 0 Å². The standard InChI is InChI=1S/C37H35NO3/c1-2-40-36(39)35(28-41-34-25-23-30(24-26-34)27-29-15-7-3-8-16-29)38-37(31-17-9-4-10-18-31,32-19-11-5-12-20-32)33-21-13-6-14-22-33/h3-26,35,38H,2,27-28H2,1H3. The SMILES string of the molecule is CCOC(=O)C(COc1ccc(Cc2ccccc2)cc1)NC(c1ccccc1)(c1ccccc1)c1ccccc1. The summed E-state index contributed by atoms with van der Waals surface area (Å²) < 4.78 is 11.8. The van der Waals surface area contributed by atoms with E-state index in [1.54, 1.807) is 0 Å². The van der Waals surface area contributed by atoms with Crippen LogP contribution in [0.5, 0.6) is 5.75 Å². The molecule has 0 aliphatic carbocycles. The summed E-state index contributed by atoms with van der Waals surface area (Å²) in [4.78, 5) is 13.4. The number of carbonyl (C=O) groups is 1. The topological polar surface area (TPSA) is 47.6 Å². The number of benzene rings is 5. The molecule has 0 saturated carbocycles. The first kappa shape index (κ1) is 27.9. The summed E-state index contributed by atoms with van der Waals surface area (Å²) in [7, 11) is 0. The van der Waals surface area contributed by atoms with E-state index in [1.165, 1.54) is 11.1 Å². The zero-order valence-electron chi connectivity index (χ0n) is 23.3. The van der Waals surface area contributed by atoms with Crippen molar-refractivity contribution in [2.24, 2.45) is 0 Å². The van der Waals surface area contributed by atoms with E-state index in [0.29, 0.717) is 5.75 Å². The maximum Gasteiger partial charge on any atom is 0.326 e. The smallest absolute Gasteiger partial charge is 0.326 e. The van der Waals surface area contributed by atoms with E-state index in [2.05, 4.69) is 78.1 Å². The van der Waals surface area contributed by atoms with Crippen molar-refractivity contribution < 1.29 is 14.3 Å². The Balaban J connectivity index is 1.46. The highest BCUT2D eigenvalue weighted by molar-refractivity contribution is 5.76. The van der Waals surface area contributed by atoms with Gasteiger partial charge in [-0.25, -0.2) is 0 Å². The molecule has 1 N–H and O–H groups in total. The first-order valence-corrected chi connectivity index (χ1v) is 14.1. The number of esters is 1. The van der Waals surface area contributed by atoms with E-state index >= 15 is 0 Å². The van der Waals surface area contributed by atoms with Crippen molar-refractivity contribution in [2.45, 2.75) is 24.9 Å². The Morgan fingerprint density at radius 1 is 0.634 bits per heavy atom. The molecule has 41 heavy (non-hydrogen) atoms. The molecule has 5 aromatic rings. The summed E-state index contributed by atoms with van der Waals surface area (Å²) >= 11 is 0. The van der Waals surface area contributed by atoms with Crippen LogP contribution in [0.15, 0.2) is 146 Å². The lowest BCUT2D eigenvalue weighted by Crippen LogP contribution is -2.55. The van der Waals surface area contributed by atoms with Crippen LogP contribution in [0.4, 0.5) is 0 Å². The average molecular weight is 542 g/mol. The summed E-state index contributed by atoms with van der Waals surface area (Å²) in [6, 6.07) is 48.3. The van der Waals surface area contributed by atoms with Crippen LogP contribution in [0.1, 0.15) is 34.7 Å². The minimum atomic E-state index is -0.829. The lowest BCUT2D eigenvalue weighted by atomic mass is 9.76. The number of hydrogen-bond acceptors (Lipinski definition) is 4. The molecular weight excluding hydrogens is 506 g/mol. The Kier molecular flexibility index (Phi) is 9.25. The van der Waals surface area contributed by atoms with E-state index < -0.39 is 11.6 Å². The fraction of sp³-hybridized carbons (Fsp3) is 0.162. The Morgan fingerprint density at radius 3 is 1.54 bits per heavy atom. The van der Waals surface area contributed by atoms with Crippen molar-refractivity contribution in [2.75, 3.05) is 13.2 Å². The Hall–Kier alpha value is -4.67. The van der Waals surface area contributed by atoms with E-state index in [4.69, 9.17) is 9.47 Å². The Morgan fingerprint density at radius 2 is 1.07 bits per heavy atom. The van der Waals surface area contributed by atoms with Gasteiger partial charge in [0.15, 0.2) is 0 Å². The van der Waals surface area contributed by atoms with Crippen LogP contribution in [-0.4, -0.2) is 25.2 Å². The van der Waals surface area contributed by atoms with Gasteiger partial charge in [-0.3, -0.25) is 10.1 Å². The summed E-state index contributed by atoms with van der Waals surface area (Å²) in [6.45, 7) is 2.20. The first-order chi connectivity index (χ1) is 20.2. The lowest BCUT2D eigenvalue weighted by molar-refractivity contribution is -0.147. The van der Waals surface area contributed by atoms with Crippen LogP contribution in [0, 0.1) is 0 Å². The molecule has 4 nitrogen and oxygen atoms in total. The molecule has 1 unspecified atom stereocenters. The molecule has 0 spiro atoms. The summed E-state index contributed by atoms with van der Waals surface area (Å²) in [6.07, 6.45) is 0.849. The van der Waals surface area contributed by atoms with Crippen molar-refractivity contribution in [1.82, 2.24) is 5.32 Å². The van der Waals surface area contributed by atoms with Crippen LogP contribution in [0.3, 0.4) is 0 Å². The fourth-order valence-electron chi connectivity index (χ4n) is 5.20. The molecule has 5 aromatic carbocycles. The number of rotatable bonds is 12. The van der Waals surface area contributed by atoms with Gasteiger partial charge in [0.25, 0.3) is 0 Å². The molecule has 0 amide bonds. The third-order valence-electron chi connectivity index (χ3n) is 7.17. The second-order valence-electron chi connectivity index (χ2n) is 9.91. The van der Waals surface area contributed by atoms with Gasteiger partial charge in [-0.1, -0.05) is 133 Å². The van der Waals surface area contributed by atoms with Gasteiger partial charge in [0.05, 0.1) is 12.1 Å². The monoisotopic (exact) mass is 541 g/mol. The number of carbonyl (C=O) groups excluding carboxylic acids is 1. The molecule has 0 bridgehead atoms. The quantitative estimate of drug-likeness (QED) is 0.134. The van der Waals surface area contributed by atoms with Crippen molar-refractivity contribution >= 4 is 5.97 Å². The zero-order chi connectivity index (χ0) is 28.3. The van der Waals surface area contributed by atoms with Gasteiger partial charge in [0.2, 0.25) is 0 Å². The first-order valence-electron chi connectivity index (χ1n) is 14.1. The molecule has 0 heterocycles. The molecule has 0 aliphatic rings. The summed E-state index contributed by atoms with van der Waals surface area (Å²) in [5.74, 6) is 0.336. The third kappa shape index (κ3) is 6.74. The summed E-state index contributed by atoms with van der Waals surface area (Å²) in [5.41, 5.74) is 4.65. The van der Waals surface area contributed by atoms with E-state index in [9.17, 15) is 4.79 Å². The van der Waals surface area contributed by atoms with Crippen molar-refractivity contribution in [3.05, 3.63) is 173 Å². The highest BCUT2D eigenvalue weighted by atomic mass is 16.5. The van der Waals surface area contributed by atoms with Gasteiger partial charge in [-0.2, -0.15) is 0 Å². The molecule has 4 heteroatoms. The zero-order valence-corrected chi connectivity index (χ0v) is 23.3. The molecule has 0 radical (unpaired) electrons. The van der Waals surface area contributed by atoms with Gasteiger partial charge in [0.1, 0.15) is 18.4 Å². The van der Waals surface area contributed by atoms with Crippen LogP contribution >= 0.6 is 0 Å². The highest BCUT2D eigenvalue weighted by Crippen LogP contribution is 2.37. The molecule has 206 valence electrons. The minimum Gasteiger partial charge on any atom is -0.491 e. The Labute approximate surface area is 242 Å². The summed E-state index contributed by atoms with van der Waals surface area (Å²) in [5, 5.41) is 3.72. The predicted octanol–water partition coefficient (Wildman–Crippen LogP) is 7.17. The van der Waals surface area contributed by atoms with Gasteiger partial charge in [-0.05, 0) is 53.3 Å².